The average Bonchev–Trinajstić information content (AvgIpc) is 2.54. The van der Waals surface area contributed by atoms with Crippen molar-refractivity contribution in [1.29, 1.82) is 0 Å². The topological polar surface area (TPSA) is 84.5 Å². The second-order valence-corrected chi connectivity index (χ2v) is 8.00. The van der Waals surface area contributed by atoms with E-state index in [1.54, 1.807) is 31.4 Å². The van der Waals surface area contributed by atoms with Gasteiger partial charge >= 0.3 is 0 Å². The fraction of sp³-hybridized carbons (Fsp3) is 0.562. The average molecular weight is 377 g/mol. The van der Waals surface area contributed by atoms with Crippen molar-refractivity contribution in [3.63, 3.8) is 0 Å². The first-order valence-corrected chi connectivity index (χ1v) is 9.54. The summed E-state index contributed by atoms with van der Waals surface area (Å²) in [5, 5.41) is 6.19. The number of rotatable bonds is 5. The second-order valence-electron chi connectivity index (χ2n) is 5.98. The lowest BCUT2D eigenvalue weighted by Gasteiger charge is -2.35. The fourth-order valence-corrected chi connectivity index (χ4v) is 3.40. The Bertz CT molecular complexity index is 655. The molecule has 0 radical (unpaired) electrons. The molecule has 1 atom stereocenters. The van der Waals surface area contributed by atoms with Crippen LogP contribution in [0.4, 0.5) is 0 Å². The molecule has 0 aromatic heterocycles. The highest BCUT2D eigenvalue weighted by molar-refractivity contribution is 7.90. The molecule has 1 unspecified atom stereocenters. The van der Waals surface area contributed by atoms with Crippen molar-refractivity contribution in [3.8, 4) is 0 Å². The lowest BCUT2D eigenvalue weighted by molar-refractivity contribution is -0.147. The normalized spacial score (nSPS) is 18.3. The van der Waals surface area contributed by atoms with E-state index < -0.39 is 15.4 Å². The van der Waals surface area contributed by atoms with E-state index in [4.69, 9.17) is 4.74 Å². The third-order valence-corrected chi connectivity index (χ3v) is 5.50. The van der Waals surface area contributed by atoms with Crippen LogP contribution in [0.5, 0.6) is 0 Å². The first-order chi connectivity index (χ1) is 10.8. The lowest BCUT2D eigenvalue weighted by atomic mass is 9.90. The molecule has 8 heteroatoms. The van der Waals surface area contributed by atoms with E-state index >= 15 is 0 Å². The van der Waals surface area contributed by atoms with Gasteiger partial charge in [0.2, 0.25) is 0 Å². The standard InChI is InChI=1S/C16H24N2O4S.ClH/c1-12(13-4-6-14(7-5-13)23(3,20)21)18-15(19)16(22-2)8-10-17-11-9-16;/h4-7,12,17H,8-11H2,1-3H3,(H,18,19);1H. The van der Waals surface area contributed by atoms with Crippen LogP contribution in [0, 0.1) is 0 Å². The Hall–Kier alpha value is -1.15. The van der Waals surface area contributed by atoms with Crippen molar-refractivity contribution in [2.45, 2.75) is 36.3 Å². The molecule has 1 fully saturated rings. The van der Waals surface area contributed by atoms with Gasteiger partial charge in [-0.25, -0.2) is 8.42 Å². The monoisotopic (exact) mass is 376 g/mol. The number of carbonyl (C=O) groups excluding carboxylic acids is 1. The Labute approximate surface area is 149 Å². The summed E-state index contributed by atoms with van der Waals surface area (Å²) >= 11 is 0. The van der Waals surface area contributed by atoms with Gasteiger partial charge in [-0.2, -0.15) is 0 Å². The molecule has 0 saturated carbocycles. The fourth-order valence-electron chi connectivity index (χ4n) is 2.77. The molecule has 136 valence electrons. The van der Waals surface area contributed by atoms with Crippen LogP contribution < -0.4 is 10.6 Å². The van der Waals surface area contributed by atoms with E-state index in [0.717, 1.165) is 18.7 Å². The van der Waals surface area contributed by atoms with Crippen LogP contribution in [-0.4, -0.2) is 46.4 Å². The number of methoxy groups -OCH3 is 1. The molecule has 1 amide bonds. The van der Waals surface area contributed by atoms with E-state index in [1.165, 1.54) is 6.26 Å². The highest BCUT2D eigenvalue weighted by Gasteiger charge is 2.40. The zero-order valence-electron chi connectivity index (χ0n) is 14.2. The van der Waals surface area contributed by atoms with Gasteiger partial charge in [-0.1, -0.05) is 12.1 Å². The first kappa shape index (κ1) is 20.9. The summed E-state index contributed by atoms with van der Waals surface area (Å²) in [4.78, 5) is 12.9. The minimum absolute atomic E-state index is 0. The van der Waals surface area contributed by atoms with Gasteiger partial charge in [0.1, 0.15) is 5.60 Å². The third-order valence-electron chi connectivity index (χ3n) is 4.37. The van der Waals surface area contributed by atoms with Crippen LogP contribution in [-0.2, 0) is 19.4 Å². The van der Waals surface area contributed by atoms with Gasteiger partial charge in [0.15, 0.2) is 9.84 Å². The number of nitrogens with one attached hydrogen (secondary N) is 2. The number of sulfone groups is 1. The maximum absolute atomic E-state index is 12.6. The summed E-state index contributed by atoms with van der Waals surface area (Å²) in [5.41, 5.74) is 0.0672. The van der Waals surface area contributed by atoms with Gasteiger partial charge in [-0.05, 0) is 50.6 Å². The largest absolute Gasteiger partial charge is 0.368 e. The zero-order chi connectivity index (χ0) is 17.1. The van der Waals surface area contributed by atoms with Crippen molar-refractivity contribution in [3.05, 3.63) is 29.8 Å². The lowest BCUT2D eigenvalue weighted by Crippen LogP contribution is -2.54. The highest BCUT2D eigenvalue weighted by Crippen LogP contribution is 2.24. The van der Waals surface area contributed by atoms with Crippen LogP contribution in [0.15, 0.2) is 29.2 Å². The van der Waals surface area contributed by atoms with Crippen molar-refractivity contribution in [2.75, 3.05) is 26.5 Å². The summed E-state index contributed by atoms with van der Waals surface area (Å²) in [7, 11) is -1.65. The molecular formula is C16H25ClN2O4S. The molecule has 1 aliphatic heterocycles. The van der Waals surface area contributed by atoms with E-state index in [2.05, 4.69) is 10.6 Å². The molecule has 1 saturated heterocycles. The summed E-state index contributed by atoms with van der Waals surface area (Å²) in [6, 6.07) is 6.35. The van der Waals surface area contributed by atoms with Crippen molar-refractivity contribution in [2.24, 2.45) is 0 Å². The Morgan fingerprint density at radius 1 is 1.25 bits per heavy atom. The van der Waals surface area contributed by atoms with Crippen LogP contribution in [0.1, 0.15) is 31.4 Å². The van der Waals surface area contributed by atoms with E-state index in [1.807, 2.05) is 6.92 Å². The maximum atomic E-state index is 12.6. The second kappa shape index (κ2) is 8.29. The van der Waals surface area contributed by atoms with Crippen LogP contribution in [0.2, 0.25) is 0 Å². The molecule has 1 aromatic carbocycles. The van der Waals surface area contributed by atoms with E-state index in [0.29, 0.717) is 12.8 Å². The quantitative estimate of drug-likeness (QED) is 0.812. The van der Waals surface area contributed by atoms with Gasteiger partial charge < -0.3 is 15.4 Å². The van der Waals surface area contributed by atoms with Crippen molar-refractivity contribution >= 4 is 28.2 Å². The Morgan fingerprint density at radius 3 is 2.25 bits per heavy atom. The molecule has 24 heavy (non-hydrogen) atoms. The Kier molecular flexibility index (Phi) is 7.22. The summed E-state index contributed by atoms with van der Waals surface area (Å²) in [6.45, 7) is 3.37. The molecule has 1 aromatic rings. The van der Waals surface area contributed by atoms with E-state index in [9.17, 15) is 13.2 Å². The summed E-state index contributed by atoms with van der Waals surface area (Å²) in [6.07, 6.45) is 2.44. The SMILES string of the molecule is COC1(C(=O)NC(C)c2ccc(S(C)(=O)=O)cc2)CCNCC1.Cl. The van der Waals surface area contributed by atoms with Crippen molar-refractivity contribution in [1.82, 2.24) is 10.6 Å². The smallest absolute Gasteiger partial charge is 0.252 e. The summed E-state index contributed by atoms with van der Waals surface area (Å²) in [5.74, 6) is -0.124. The molecule has 0 aliphatic carbocycles. The van der Waals surface area contributed by atoms with Crippen molar-refractivity contribution < 1.29 is 17.9 Å². The number of halogens is 1. The van der Waals surface area contributed by atoms with E-state index in [-0.39, 0.29) is 29.3 Å². The van der Waals surface area contributed by atoms with Gasteiger partial charge in [0.05, 0.1) is 10.9 Å². The van der Waals surface area contributed by atoms with Crippen LogP contribution in [0.25, 0.3) is 0 Å². The molecule has 2 rings (SSSR count). The number of hydrogen-bond acceptors (Lipinski definition) is 5. The number of piperidine rings is 1. The molecule has 6 nitrogen and oxygen atoms in total. The number of ether oxygens (including phenoxy) is 1. The number of carbonyl (C=O) groups is 1. The molecule has 1 heterocycles. The molecule has 0 spiro atoms. The maximum Gasteiger partial charge on any atom is 0.252 e. The summed E-state index contributed by atoms with van der Waals surface area (Å²) < 4.78 is 28.5. The zero-order valence-corrected chi connectivity index (χ0v) is 15.8. The van der Waals surface area contributed by atoms with Gasteiger partial charge in [-0.15, -0.1) is 12.4 Å². The number of hydrogen-bond donors (Lipinski definition) is 2. The molecular weight excluding hydrogens is 352 g/mol. The third kappa shape index (κ3) is 4.69. The highest BCUT2D eigenvalue weighted by atomic mass is 35.5. The minimum Gasteiger partial charge on any atom is -0.368 e. The van der Waals surface area contributed by atoms with Gasteiger partial charge in [-0.3, -0.25) is 4.79 Å². The first-order valence-electron chi connectivity index (χ1n) is 7.65. The Balaban J connectivity index is 0.00000288. The van der Waals surface area contributed by atoms with Crippen LogP contribution in [0.3, 0.4) is 0 Å². The molecule has 2 N–H and O–H groups in total. The molecule has 1 aliphatic rings. The Morgan fingerprint density at radius 2 is 1.79 bits per heavy atom. The van der Waals surface area contributed by atoms with Gasteiger partial charge in [0, 0.05) is 13.4 Å². The van der Waals surface area contributed by atoms with Crippen LogP contribution >= 0.6 is 12.4 Å². The predicted octanol–water partition coefficient (Wildman–Crippen LogP) is 1.46. The van der Waals surface area contributed by atoms with Gasteiger partial charge in [0.25, 0.3) is 5.91 Å². The molecule has 0 bridgehead atoms. The number of amides is 1. The number of benzene rings is 1. The predicted molar refractivity (Wildman–Crippen MR) is 95.2 cm³/mol. The minimum atomic E-state index is -3.21.